The van der Waals surface area contributed by atoms with Gasteiger partial charge in [-0.1, -0.05) is 42.5 Å². The van der Waals surface area contributed by atoms with Crippen LogP contribution in [0.3, 0.4) is 0 Å². The van der Waals surface area contributed by atoms with Gasteiger partial charge in [-0.3, -0.25) is 10.1 Å². The van der Waals surface area contributed by atoms with Gasteiger partial charge in [-0.15, -0.1) is 11.3 Å². The first-order valence-electron chi connectivity index (χ1n) is 10.3. The normalized spacial score (nSPS) is 10.6. The standard InChI is InChI=1S/C26H24N2O2S/c1-3-30-23-15-13-21(14-16-23)24-18(2)31-26(27-24)28-25(29)22-11-9-20(10-12-22)17-19-7-5-4-6-8-19/h4-16H,3,17H2,1-2H3,(H,27,28,29). The largest absolute Gasteiger partial charge is 0.494 e. The van der Waals surface area contributed by atoms with Crippen molar-refractivity contribution in [3.05, 3.63) is 100 Å². The highest BCUT2D eigenvalue weighted by molar-refractivity contribution is 7.16. The van der Waals surface area contributed by atoms with Crippen LogP contribution in [-0.2, 0) is 6.42 Å². The molecule has 0 saturated carbocycles. The number of aromatic nitrogens is 1. The number of carbonyl (C=O) groups excluding carboxylic acids is 1. The van der Waals surface area contributed by atoms with E-state index in [4.69, 9.17) is 4.74 Å². The zero-order valence-corrected chi connectivity index (χ0v) is 18.4. The molecule has 156 valence electrons. The molecule has 0 fully saturated rings. The van der Waals surface area contributed by atoms with Crippen LogP contribution in [0.1, 0.15) is 33.3 Å². The molecule has 0 aliphatic rings. The molecule has 5 heteroatoms. The molecule has 1 heterocycles. The van der Waals surface area contributed by atoms with Gasteiger partial charge >= 0.3 is 0 Å². The summed E-state index contributed by atoms with van der Waals surface area (Å²) in [7, 11) is 0. The lowest BCUT2D eigenvalue weighted by Crippen LogP contribution is -2.11. The molecule has 0 radical (unpaired) electrons. The number of thiazole rings is 1. The van der Waals surface area contributed by atoms with E-state index >= 15 is 0 Å². The minimum Gasteiger partial charge on any atom is -0.494 e. The van der Waals surface area contributed by atoms with Crippen molar-refractivity contribution < 1.29 is 9.53 Å². The Morgan fingerprint density at radius 3 is 2.29 bits per heavy atom. The second kappa shape index (κ2) is 9.58. The maximum atomic E-state index is 12.7. The van der Waals surface area contributed by atoms with E-state index in [1.165, 1.54) is 22.5 Å². The quantitative estimate of drug-likeness (QED) is 0.373. The van der Waals surface area contributed by atoms with Crippen LogP contribution >= 0.6 is 11.3 Å². The zero-order valence-electron chi connectivity index (χ0n) is 17.6. The molecule has 1 amide bonds. The molecule has 0 unspecified atom stereocenters. The summed E-state index contributed by atoms with van der Waals surface area (Å²) in [5.41, 5.74) is 4.92. The van der Waals surface area contributed by atoms with Crippen LogP contribution in [0.25, 0.3) is 11.3 Å². The summed E-state index contributed by atoms with van der Waals surface area (Å²) < 4.78 is 5.50. The third kappa shape index (κ3) is 5.19. The minimum atomic E-state index is -0.154. The lowest BCUT2D eigenvalue weighted by molar-refractivity contribution is 0.102. The van der Waals surface area contributed by atoms with Crippen molar-refractivity contribution in [2.75, 3.05) is 11.9 Å². The van der Waals surface area contributed by atoms with Gasteiger partial charge in [0.2, 0.25) is 0 Å². The molecule has 4 aromatic rings. The number of amides is 1. The number of nitrogens with zero attached hydrogens (tertiary/aromatic N) is 1. The molecule has 1 N–H and O–H groups in total. The van der Waals surface area contributed by atoms with Gasteiger partial charge in [0.1, 0.15) is 5.75 Å². The van der Waals surface area contributed by atoms with E-state index < -0.39 is 0 Å². The van der Waals surface area contributed by atoms with Crippen molar-refractivity contribution in [1.29, 1.82) is 0 Å². The van der Waals surface area contributed by atoms with Gasteiger partial charge in [0.25, 0.3) is 5.91 Å². The maximum Gasteiger partial charge on any atom is 0.257 e. The van der Waals surface area contributed by atoms with Crippen LogP contribution in [0.2, 0.25) is 0 Å². The van der Waals surface area contributed by atoms with Gasteiger partial charge in [0.05, 0.1) is 12.3 Å². The van der Waals surface area contributed by atoms with Gasteiger partial charge in [-0.05, 0) is 67.8 Å². The molecular weight excluding hydrogens is 404 g/mol. The minimum absolute atomic E-state index is 0.154. The molecule has 0 spiro atoms. The highest BCUT2D eigenvalue weighted by atomic mass is 32.1. The zero-order chi connectivity index (χ0) is 21.6. The first-order chi connectivity index (χ1) is 15.1. The lowest BCUT2D eigenvalue weighted by atomic mass is 10.0. The van der Waals surface area contributed by atoms with Gasteiger partial charge < -0.3 is 4.74 Å². The Hall–Kier alpha value is -3.44. The summed E-state index contributed by atoms with van der Waals surface area (Å²) in [5, 5.41) is 3.53. The third-order valence-corrected chi connectivity index (χ3v) is 5.81. The Kier molecular flexibility index (Phi) is 6.43. The average molecular weight is 429 g/mol. The molecular formula is C26H24N2O2S. The van der Waals surface area contributed by atoms with Crippen molar-refractivity contribution in [3.8, 4) is 17.0 Å². The Morgan fingerprint density at radius 2 is 1.61 bits per heavy atom. The number of hydrogen-bond acceptors (Lipinski definition) is 4. The predicted octanol–water partition coefficient (Wildman–Crippen LogP) is 6.36. The second-order valence-electron chi connectivity index (χ2n) is 7.19. The first kappa shape index (κ1) is 20.8. The molecule has 0 atom stereocenters. The fraction of sp³-hybridized carbons (Fsp3) is 0.154. The molecule has 1 aromatic heterocycles. The molecule has 31 heavy (non-hydrogen) atoms. The van der Waals surface area contributed by atoms with Gasteiger partial charge in [0.15, 0.2) is 5.13 Å². The van der Waals surface area contributed by atoms with E-state index in [1.807, 2.05) is 80.6 Å². The van der Waals surface area contributed by atoms with Gasteiger partial charge in [-0.25, -0.2) is 4.98 Å². The van der Waals surface area contributed by atoms with Crippen LogP contribution in [-0.4, -0.2) is 17.5 Å². The Morgan fingerprint density at radius 1 is 0.935 bits per heavy atom. The Balaban J connectivity index is 1.43. The fourth-order valence-corrected chi connectivity index (χ4v) is 4.20. The summed E-state index contributed by atoms with van der Waals surface area (Å²) in [4.78, 5) is 18.4. The molecule has 4 rings (SSSR count). The van der Waals surface area contributed by atoms with E-state index in [9.17, 15) is 4.79 Å². The van der Waals surface area contributed by atoms with Gasteiger partial charge in [0, 0.05) is 16.0 Å². The third-order valence-electron chi connectivity index (χ3n) is 4.92. The number of ether oxygens (including phenoxy) is 1. The number of benzene rings is 3. The number of nitrogens with one attached hydrogen (secondary N) is 1. The van der Waals surface area contributed by atoms with Crippen LogP contribution in [0.5, 0.6) is 5.75 Å². The predicted molar refractivity (Wildman–Crippen MR) is 127 cm³/mol. The van der Waals surface area contributed by atoms with E-state index in [0.717, 1.165) is 28.3 Å². The van der Waals surface area contributed by atoms with Crippen LogP contribution in [0.4, 0.5) is 5.13 Å². The van der Waals surface area contributed by atoms with Crippen molar-refractivity contribution in [3.63, 3.8) is 0 Å². The van der Waals surface area contributed by atoms with E-state index in [1.54, 1.807) is 0 Å². The van der Waals surface area contributed by atoms with Crippen LogP contribution < -0.4 is 10.1 Å². The average Bonchev–Trinajstić information content (AvgIpc) is 3.15. The Bertz CT molecular complexity index is 1150. The summed E-state index contributed by atoms with van der Waals surface area (Å²) in [6.45, 7) is 4.61. The van der Waals surface area contributed by atoms with Crippen LogP contribution in [0.15, 0.2) is 78.9 Å². The summed E-state index contributed by atoms with van der Waals surface area (Å²) >= 11 is 1.48. The summed E-state index contributed by atoms with van der Waals surface area (Å²) in [6, 6.07) is 25.9. The molecule has 0 saturated heterocycles. The fourth-order valence-electron chi connectivity index (χ4n) is 3.37. The van der Waals surface area contributed by atoms with Crippen molar-refractivity contribution in [2.24, 2.45) is 0 Å². The highest BCUT2D eigenvalue weighted by Crippen LogP contribution is 2.31. The molecule has 0 aliphatic heterocycles. The number of hydrogen-bond donors (Lipinski definition) is 1. The van der Waals surface area contributed by atoms with E-state index in [2.05, 4.69) is 22.4 Å². The number of anilines is 1. The second-order valence-corrected chi connectivity index (χ2v) is 8.40. The van der Waals surface area contributed by atoms with Crippen molar-refractivity contribution in [1.82, 2.24) is 4.98 Å². The molecule has 0 bridgehead atoms. The number of rotatable bonds is 7. The lowest BCUT2D eigenvalue weighted by Gasteiger charge is -2.05. The van der Waals surface area contributed by atoms with Crippen LogP contribution in [0, 0.1) is 6.92 Å². The number of carbonyl (C=O) groups is 1. The van der Waals surface area contributed by atoms with Crippen molar-refractivity contribution >= 4 is 22.4 Å². The van der Waals surface area contributed by atoms with E-state index in [-0.39, 0.29) is 5.91 Å². The topological polar surface area (TPSA) is 51.2 Å². The summed E-state index contributed by atoms with van der Waals surface area (Å²) in [5.74, 6) is 0.682. The van der Waals surface area contributed by atoms with Crippen molar-refractivity contribution in [2.45, 2.75) is 20.3 Å². The highest BCUT2D eigenvalue weighted by Gasteiger charge is 2.13. The molecule has 3 aromatic carbocycles. The molecule has 0 aliphatic carbocycles. The monoisotopic (exact) mass is 428 g/mol. The van der Waals surface area contributed by atoms with E-state index in [0.29, 0.717) is 17.3 Å². The number of aryl methyl sites for hydroxylation is 1. The smallest absolute Gasteiger partial charge is 0.257 e. The SMILES string of the molecule is CCOc1ccc(-c2nc(NC(=O)c3ccc(Cc4ccccc4)cc3)sc2C)cc1. The molecule has 4 nitrogen and oxygen atoms in total. The summed E-state index contributed by atoms with van der Waals surface area (Å²) in [6.07, 6.45) is 0.847. The van der Waals surface area contributed by atoms with Gasteiger partial charge in [-0.2, -0.15) is 0 Å². The Labute approximate surface area is 186 Å². The first-order valence-corrected chi connectivity index (χ1v) is 11.1. The maximum absolute atomic E-state index is 12.7.